The number of rotatable bonds is 11. The largest absolute Gasteiger partial charge is 0.494 e. The summed E-state index contributed by atoms with van der Waals surface area (Å²) >= 11 is 2.08. The Morgan fingerprint density at radius 1 is 1.03 bits per heavy atom. The van der Waals surface area contributed by atoms with Crippen LogP contribution in [0.2, 0.25) is 0 Å². The average Bonchev–Trinajstić information content (AvgIpc) is 3.23. The highest BCUT2D eigenvalue weighted by molar-refractivity contribution is 14.1. The van der Waals surface area contributed by atoms with Crippen molar-refractivity contribution in [2.24, 2.45) is 5.10 Å². The molecular weight excluding hydrogens is 555 g/mol. The Labute approximate surface area is 210 Å². The molecule has 0 spiro atoms. The zero-order valence-corrected chi connectivity index (χ0v) is 21.2. The monoisotopic (exact) mass is 580 g/mol. The molecule has 3 aromatic rings. The number of ether oxygens (including phenoxy) is 4. The van der Waals surface area contributed by atoms with Crippen LogP contribution in [-0.4, -0.2) is 44.5 Å². The van der Waals surface area contributed by atoms with Gasteiger partial charge in [-0.25, -0.2) is 10.2 Å². The first-order valence-electron chi connectivity index (χ1n) is 10.7. The van der Waals surface area contributed by atoms with E-state index >= 15 is 0 Å². The van der Waals surface area contributed by atoms with E-state index in [1.807, 2.05) is 19.9 Å². The van der Waals surface area contributed by atoms with Crippen LogP contribution in [0, 0.1) is 3.57 Å². The van der Waals surface area contributed by atoms with E-state index in [4.69, 9.17) is 23.4 Å². The molecule has 0 aliphatic rings. The van der Waals surface area contributed by atoms with Crippen molar-refractivity contribution in [2.75, 3.05) is 26.4 Å². The number of halogens is 1. The fourth-order valence-corrected chi connectivity index (χ4v) is 3.79. The number of carbonyl (C=O) groups excluding carboxylic acids is 2. The number of esters is 1. The normalized spacial score (nSPS) is 10.9. The lowest BCUT2D eigenvalue weighted by Gasteiger charge is -2.14. The number of amides is 1. The quantitative estimate of drug-likeness (QED) is 0.154. The summed E-state index contributed by atoms with van der Waals surface area (Å²) < 4.78 is 27.9. The fraction of sp³-hybridized carbons (Fsp3) is 0.292. The van der Waals surface area contributed by atoms with Gasteiger partial charge in [0.25, 0.3) is 0 Å². The van der Waals surface area contributed by atoms with Gasteiger partial charge in [-0.2, -0.15) is 5.10 Å². The second kappa shape index (κ2) is 12.3. The Morgan fingerprint density at radius 3 is 2.56 bits per heavy atom. The zero-order valence-electron chi connectivity index (χ0n) is 19.1. The maximum absolute atomic E-state index is 12.5. The summed E-state index contributed by atoms with van der Waals surface area (Å²) in [6.07, 6.45) is 1.48. The Bertz CT molecular complexity index is 1190. The highest BCUT2D eigenvalue weighted by atomic mass is 127. The van der Waals surface area contributed by atoms with Crippen LogP contribution in [0.15, 0.2) is 45.9 Å². The lowest BCUT2D eigenvalue weighted by Crippen LogP contribution is -2.17. The van der Waals surface area contributed by atoms with E-state index < -0.39 is 11.9 Å². The molecular formula is C24H25IN2O7. The molecule has 0 saturated heterocycles. The molecule has 0 saturated carbocycles. The summed E-state index contributed by atoms with van der Waals surface area (Å²) in [6.45, 7) is 6.48. The third-order valence-electron chi connectivity index (χ3n) is 4.37. The Kier molecular flexibility index (Phi) is 9.14. The van der Waals surface area contributed by atoms with Gasteiger partial charge >= 0.3 is 11.9 Å². The number of fused-ring (bicyclic) bond motifs is 1. The van der Waals surface area contributed by atoms with Gasteiger partial charge < -0.3 is 23.4 Å². The van der Waals surface area contributed by atoms with Crippen molar-refractivity contribution in [1.29, 1.82) is 0 Å². The van der Waals surface area contributed by atoms with Crippen molar-refractivity contribution in [3.63, 3.8) is 0 Å². The van der Waals surface area contributed by atoms with Crippen LogP contribution in [0.3, 0.4) is 0 Å². The maximum Gasteiger partial charge on any atom is 0.344 e. The van der Waals surface area contributed by atoms with E-state index in [0.29, 0.717) is 45.2 Å². The molecule has 0 atom stereocenters. The van der Waals surface area contributed by atoms with Gasteiger partial charge in [0, 0.05) is 5.39 Å². The van der Waals surface area contributed by atoms with Gasteiger partial charge in [-0.15, -0.1) is 0 Å². The second-order valence-corrected chi connectivity index (χ2v) is 7.96. The van der Waals surface area contributed by atoms with Crippen molar-refractivity contribution >= 4 is 51.7 Å². The molecule has 180 valence electrons. The molecule has 0 fully saturated rings. The average molecular weight is 580 g/mol. The predicted octanol–water partition coefficient (Wildman–Crippen LogP) is 4.54. The van der Waals surface area contributed by atoms with Crippen LogP contribution in [0.1, 0.15) is 36.9 Å². The molecule has 34 heavy (non-hydrogen) atoms. The van der Waals surface area contributed by atoms with Crippen LogP contribution in [0.5, 0.6) is 17.2 Å². The van der Waals surface area contributed by atoms with Crippen LogP contribution in [0.25, 0.3) is 11.0 Å². The van der Waals surface area contributed by atoms with E-state index in [9.17, 15) is 9.59 Å². The second-order valence-electron chi connectivity index (χ2n) is 6.80. The Morgan fingerprint density at radius 2 is 1.82 bits per heavy atom. The summed E-state index contributed by atoms with van der Waals surface area (Å²) in [7, 11) is 0. The van der Waals surface area contributed by atoms with E-state index in [-0.39, 0.29) is 19.0 Å². The zero-order chi connectivity index (χ0) is 24.5. The number of hydrazone groups is 1. The summed E-state index contributed by atoms with van der Waals surface area (Å²) in [5.74, 6) is 0.774. The van der Waals surface area contributed by atoms with Gasteiger partial charge in [0.05, 0.1) is 29.6 Å². The van der Waals surface area contributed by atoms with Gasteiger partial charge in [0.15, 0.2) is 23.9 Å². The van der Waals surface area contributed by atoms with Crippen LogP contribution >= 0.6 is 22.6 Å². The van der Waals surface area contributed by atoms with Crippen molar-refractivity contribution in [2.45, 2.75) is 20.8 Å². The highest BCUT2D eigenvalue weighted by Gasteiger charge is 2.15. The minimum Gasteiger partial charge on any atom is -0.494 e. The molecule has 1 heterocycles. The van der Waals surface area contributed by atoms with Crippen LogP contribution in [0.4, 0.5) is 0 Å². The Balaban J connectivity index is 1.70. The molecule has 3 rings (SSSR count). The van der Waals surface area contributed by atoms with E-state index in [1.165, 1.54) is 6.21 Å². The molecule has 10 heteroatoms. The van der Waals surface area contributed by atoms with Crippen molar-refractivity contribution in [3.8, 4) is 17.2 Å². The first kappa shape index (κ1) is 25.3. The molecule has 0 bridgehead atoms. The number of benzene rings is 2. The van der Waals surface area contributed by atoms with Gasteiger partial charge in [-0.05, 0) is 85.3 Å². The standard InChI is InChI=1S/C24H25IN2O7/c1-4-30-17-7-8-19-16(11-17)12-21(34-19)24(29)27-26-13-15-9-18(25)23(20(10-15)31-5-2)33-14-22(28)32-6-3/h7-13H,4-6,14H2,1-3H3,(H,27,29)/b26-13+. The number of furan rings is 1. The fourth-order valence-electron chi connectivity index (χ4n) is 3.01. The van der Waals surface area contributed by atoms with Gasteiger partial charge in [-0.3, -0.25) is 4.79 Å². The first-order valence-corrected chi connectivity index (χ1v) is 11.8. The van der Waals surface area contributed by atoms with Gasteiger partial charge in [0.1, 0.15) is 11.3 Å². The third-order valence-corrected chi connectivity index (χ3v) is 5.17. The van der Waals surface area contributed by atoms with Gasteiger partial charge in [-0.1, -0.05) is 0 Å². The summed E-state index contributed by atoms with van der Waals surface area (Å²) in [6, 6.07) is 10.5. The Hall–Kier alpha value is -3.28. The number of hydrogen-bond donors (Lipinski definition) is 1. The maximum atomic E-state index is 12.5. The van der Waals surface area contributed by atoms with Crippen LogP contribution < -0.4 is 19.6 Å². The number of hydrogen-bond acceptors (Lipinski definition) is 8. The topological polar surface area (TPSA) is 109 Å². The van der Waals surface area contributed by atoms with Crippen molar-refractivity contribution in [1.82, 2.24) is 5.43 Å². The number of carbonyl (C=O) groups is 2. The summed E-state index contributed by atoms with van der Waals surface area (Å²) in [4.78, 5) is 24.1. The van der Waals surface area contributed by atoms with E-state index in [0.717, 1.165) is 5.39 Å². The predicted molar refractivity (Wildman–Crippen MR) is 135 cm³/mol. The molecule has 0 aliphatic carbocycles. The third kappa shape index (κ3) is 6.62. The van der Waals surface area contributed by atoms with E-state index in [1.54, 1.807) is 37.3 Å². The molecule has 9 nitrogen and oxygen atoms in total. The van der Waals surface area contributed by atoms with E-state index in [2.05, 4.69) is 33.1 Å². The number of nitrogens with one attached hydrogen (secondary N) is 1. The molecule has 2 aromatic carbocycles. The van der Waals surface area contributed by atoms with Crippen LogP contribution in [-0.2, 0) is 9.53 Å². The molecule has 0 unspecified atom stereocenters. The smallest absolute Gasteiger partial charge is 0.344 e. The molecule has 0 aliphatic heterocycles. The first-order chi connectivity index (χ1) is 16.4. The molecule has 1 amide bonds. The van der Waals surface area contributed by atoms with Crippen molar-refractivity contribution in [3.05, 3.63) is 51.3 Å². The number of nitrogens with zero attached hydrogens (tertiary/aromatic N) is 1. The van der Waals surface area contributed by atoms with Crippen molar-refractivity contribution < 1.29 is 33.0 Å². The minimum atomic E-state index is -0.487. The molecule has 0 radical (unpaired) electrons. The summed E-state index contributed by atoms with van der Waals surface area (Å²) in [5, 5.41) is 4.78. The SMILES string of the molecule is CCOC(=O)COc1c(I)cc(/C=N/NC(=O)c2cc3cc(OCC)ccc3o2)cc1OCC. The van der Waals surface area contributed by atoms with Gasteiger partial charge in [0.2, 0.25) is 0 Å². The highest BCUT2D eigenvalue weighted by Crippen LogP contribution is 2.34. The molecule has 1 aromatic heterocycles. The molecule has 1 N–H and O–H groups in total. The minimum absolute atomic E-state index is 0.132. The summed E-state index contributed by atoms with van der Waals surface area (Å²) in [5.41, 5.74) is 3.70. The lowest BCUT2D eigenvalue weighted by atomic mass is 10.2. The lowest BCUT2D eigenvalue weighted by molar-refractivity contribution is -0.145.